The molecule has 0 aliphatic rings. The Labute approximate surface area is 126 Å². The fourth-order valence-corrected chi connectivity index (χ4v) is 1.95. The highest BCUT2D eigenvalue weighted by atomic mass is 16.3. The van der Waals surface area contributed by atoms with Gasteiger partial charge in [-0.2, -0.15) is 0 Å². The topological polar surface area (TPSA) is 110 Å². The van der Waals surface area contributed by atoms with Gasteiger partial charge >= 0.3 is 0 Å². The van der Waals surface area contributed by atoms with Crippen LogP contribution in [-0.2, 0) is 6.54 Å². The van der Waals surface area contributed by atoms with Crippen molar-refractivity contribution in [1.29, 1.82) is 0 Å². The molecule has 0 unspecified atom stereocenters. The van der Waals surface area contributed by atoms with Crippen LogP contribution in [0.25, 0.3) is 11.6 Å². The number of anilines is 1. The zero-order valence-corrected chi connectivity index (χ0v) is 12.0. The van der Waals surface area contributed by atoms with E-state index in [1.54, 1.807) is 0 Å². The summed E-state index contributed by atoms with van der Waals surface area (Å²) in [5.41, 5.74) is 8.50. The fraction of sp³-hybridized carbons (Fsp3) is 0.133. The van der Waals surface area contributed by atoms with Crippen LogP contribution in [0.3, 0.4) is 0 Å². The molecular weight excluding hydrogens is 282 g/mol. The van der Waals surface area contributed by atoms with Gasteiger partial charge in [0.15, 0.2) is 11.5 Å². The van der Waals surface area contributed by atoms with Crippen molar-refractivity contribution < 1.29 is 9.21 Å². The molecule has 2 aromatic heterocycles. The zero-order chi connectivity index (χ0) is 15.5. The monoisotopic (exact) mass is 297 g/mol. The Hall–Kier alpha value is -3.09. The summed E-state index contributed by atoms with van der Waals surface area (Å²) >= 11 is 0. The molecule has 1 aromatic carbocycles. The lowest BCUT2D eigenvalue weighted by Crippen LogP contribution is -2.23. The van der Waals surface area contributed by atoms with Crippen LogP contribution in [0.1, 0.15) is 21.6 Å². The predicted octanol–water partition coefficient (Wildman–Crippen LogP) is 1.89. The quantitative estimate of drug-likeness (QED) is 0.681. The van der Waals surface area contributed by atoms with Crippen molar-refractivity contribution in [3.63, 3.8) is 0 Å². The number of nitrogen functional groups attached to an aromatic ring is 1. The van der Waals surface area contributed by atoms with Crippen molar-refractivity contribution in [3.8, 4) is 11.6 Å². The number of hydrogen-bond acceptors (Lipinski definition) is 5. The molecule has 0 spiro atoms. The van der Waals surface area contributed by atoms with E-state index in [0.29, 0.717) is 12.2 Å². The Morgan fingerprint density at radius 3 is 2.82 bits per heavy atom. The molecule has 0 aliphatic carbocycles. The lowest BCUT2D eigenvalue weighted by molar-refractivity contribution is 0.0946. The smallest absolute Gasteiger partial charge is 0.273 e. The number of hydrogen-bond donors (Lipinski definition) is 3. The van der Waals surface area contributed by atoms with Crippen molar-refractivity contribution >= 4 is 11.7 Å². The molecule has 1 amide bonds. The summed E-state index contributed by atoms with van der Waals surface area (Å²) in [7, 11) is 0. The van der Waals surface area contributed by atoms with Crippen LogP contribution in [0.5, 0.6) is 0 Å². The third kappa shape index (κ3) is 2.83. The van der Waals surface area contributed by atoms with E-state index in [0.717, 1.165) is 5.56 Å². The number of amides is 1. The molecule has 4 N–H and O–H groups in total. The van der Waals surface area contributed by atoms with Crippen molar-refractivity contribution in [1.82, 2.24) is 20.3 Å². The number of oxazole rings is 1. The maximum Gasteiger partial charge on any atom is 0.273 e. The van der Waals surface area contributed by atoms with Crippen molar-refractivity contribution in [2.24, 2.45) is 0 Å². The molecule has 0 atom stereocenters. The van der Waals surface area contributed by atoms with Gasteiger partial charge in [-0.3, -0.25) is 4.79 Å². The first-order valence-corrected chi connectivity index (χ1v) is 6.72. The Bertz CT molecular complexity index is 788. The van der Waals surface area contributed by atoms with Gasteiger partial charge in [-0.15, -0.1) is 0 Å². The lowest BCUT2D eigenvalue weighted by atomic mass is 10.1. The van der Waals surface area contributed by atoms with Gasteiger partial charge in [-0.25, -0.2) is 9.97 Å². The van der Waals surface area contributed by atoms with Crippen molar-refractivity contribution in [2.75, 3.05) is 5.73 Å². The highest BCUT2D eigenvalue weighted by molar-refractivity contribution is 5.92. The predicted molar refractivity (Wildman–Crippen MR) is 80.8 cm³/mol. The van der Waals surface area contributed by atoms with E-state index in [1.165, 1.54) is 18.2 Å². The second-order valence-electron chi connectivity index (χ2n) is 4.87. The molecule has 7 heteroatoms. The summed E-state index contributed by atoms with van der Waals surface area (Å²) in [6.07, 6.45) is 2.73. The first kappa shape index (κ1) is 13.9. The Morgan fingerprint density at radius 1 is 1.36 bits per heavy atom. The van der Waals surface area contributed by atoms with Crippen LogP contribution < -0.4 is 11.1 Å². The van der Waals surface area contributed by atoms with Gasteiger partial charge < -0.3 is 20.5 Å². The maximum absolute atomic E-state index is 12.1. The first-order chi connectivity index (χ1) is 10.6. The number of benzene rings is 1. The summed E-state index contributed by atoms with van der Waals surface area (Å²) in [5.74, 6) is 0.192. The van der Waals surface area contributed by atoms with Crippen LogP contribution in [0.2, 0.25) is 0 Å². The number of nitrogens with one attached hydrogen (secondary N) is 2. The third-order valence-corrected chi connectivity index (χ3v) is 3.19. The SMILES string of the molecule is Cc1ccc(CNC(=O)c2coc(-c3[nH]cnc3N)n2)cc1. The lowest BCUT2D eigenvalue weighted by Gasteiger charge is -2.03. The van der Waals surface area contributed by atoms with Crippen molar-refractivity contribution in [2.45, 2.75) is 13.5 Å². The van der Waals surface area contributed by atoms with E-state index >= 15 is 0 Å². The molecular formula is C15H15N5O2. The molecule has 3 rings (SSSR count). The number of H-pyrrole nitrogens is 1. The summed E-state index contributed by atoms with van der Waals surface area (Å²) in [6, 6.07) is 7.93. The van der Waals surface area contributed by atoms with Crippen LogP contribution in [0.15, 0.2) is 41.3 Å². The summed E-state index contributed by atoms with van der Waals surface area (Å²) < 4.78 is 5.26. The van der Waals surface area contributed by atoms with E-state index in [9.17, 15) is 4.79 Å². The molecule has 0 bridgehead atoms. The normalized spacial score (nSPS) is 10.6. The summed E-state index contributed by atoms with van der Waals surface area (Å²) in [4.78, 5) is 22.8. The van der Waals surface area contributed by atoms with Gasteiger partial charge in [0.2, 0.25) is 5.89 Å². The number of aromatic amines is 1. The van der Waals surface area contributed by atoms with Gasteiger partial charge in [0.25, 0.3) is 5.91 Å². The van der Waals surface area contributed by atoms with Crippen LogP contribution in [0, 0.1) is 6.92 Å². The first-order valence-electron chi connectivity index (χ1n) is 6.72. The highest BCUT2D eigenvalue weighted by Gasteiger charge is 2.16. The van der Waals surface area contributed by atoms with Crippen LogP contribution in [0.4, 0.5) is 5.82 Å². The molecule has 112 valence electrons. The van der Waals surface area contributed by atoms with E-state index < -0.39 is 0 Å². The molecule has 2 heterocycles. The highest BCUT2D eigenvalue weighted by Crippen LogP contribution is 2.20. The second kappa shape index (κ2) is 5.72. The third-order valence-electron chi connectivity index (χ3n) is 3.19. The maximum atomic E-state index is 12.1. The van der Waals surface area contributed by atoms with E-state index in [1.807, 2.05) is 31.2 Å². The summed E-state index contributed by atoms with van der Waals surface area (Å²) in [6.45, 7) is 2.44. The molecule has 0 aliphatic heterocycles. The largest absolute Gasteiger partial charge is 0.442 e. The number of carbonyl (C=O) groups is 1. The minimum absolute atomic E-state index is 0.191. The van der Waals surface area contributed by atoms with E-state index in [2.05, 4.69) is 20.3 Å². The van der Waals surface area contributed by atoms with Gasteiger partial charge in [-0.1, -0.05) is 29.8 Å². The molecule has 7 nitrogen and oxygen atoms in total. The number of imidazole rings is 1. The Balaban J connectivity index is 1.67. The van der Waals surface area contributed by atoms with Gasteiger partial charge in [0, 0.05) is 6.54 Å². The van der Waals surface area contributed by atoms with E-state index in [4.69, 9.17) is 10.2 Å². The van der Waals surface area contributed by atoms with Gasteiger partial charge in [0.05, 0.1) is 6.33 Å². The fourth-order valence-electron chi connectivity index (χ4n) is 1.95. The summed E-state index contributed by atoms with van der Waals surface area (Å²) in [5, 5.41) is 2.79. The molecule has 0 saturated carbocycles. The number of nitrogens with two attached hydrogens (primary N) is 1. The number of nitrogens with zero attached hydrogens (tertiary/aromatic N) is 2. The second-order valence-corrected chi connectivity index (χ2v) is 4.87. The standard InChI is InChI=1S/C15H15N5O2/c1-9-2-4-10(5-3-9)6-17-14(21)11-7-22-15(20-11)12-13(16)19-8-18-12/h2-5,7-8H,6,16H2,1H3,(H,17,21)(H,18,19). The number of carbonyl (C=O) groups excluding carboxylic acids is 1. The zero-order valence-electron chi connectivity index (χ0n) is 12.0. The van der Waals surface area contributed by atoms with Crippen molar-refractivity contribution in [3.05, 3.63) is 53.7 Å². The molecule has 0 fully saturated rings. The van der Waals surface area contributed by atoms with E-state index in [-0.39, 0.29) is 23.3 Å². The van der Waals surface area contributed by atoms with Gasteiger partial charge in [-0.05, 0) is 12.5 Å². The molecule has 3 aromatic rings. The molecule has 22 heavy (non-hydrogen) atoms. The van der Waals surface area contributed by atoms with Crippen LogP contribution in [-0.4, -0.2) is 20.9 Å². The minimum atomic E-state index is -0.311. The van der Waals surface area contributed by atoms with Crippen LogP contribution >= 0.6 is 0 Å². The Morgan fingerprint density at radius 2 is 2.14 bits per heavy atom. The molecule has 0 saturated heterocycles. The minimum Gasteiger partial charge on any atom is -0.442 e. The number of rotatable bonds is 4. The average Bonchev–Trinajstić information content (AvgIpc) is 3.15. The Kier molecular flexibility index (Phi) is 3.61. The number of aryl methyl sites for hydroxylation is 1. The average molecular weight is 297 g/mol. The number of aromatic nitrogens is 3. The molecule has 0 radical (unpaired) electrons. The van der Waals surface area contributed by atoms with Gasteiger partial charge in [0.1, 0.15) is 12.0 Å².